The Morgan fingerprint density at radius 1 is 1.16 bits per heavy atom. The van der Waals surface area contributed by atoms with Gasteiger partial charge in [0.05, 0.1) is 12.3 Å². The molecule has 3 heteroatoms. The van der Waals surface area contributed by atoms with Crippen LogP contribution in [0.1, 0.15) is 38.3 Å². The standard InChI is InChI=1S/C16H24N2O/c1-3-9-18(10-4-2)15(11-17)14-12-19-16-8-6-5-7-13(14)16/h5-8,12,15H,3-4,9-11,17H2,1-2H3. The summed E-state index contributed by atoms with van der Waals surface area (Å²) in [6, 6.07) is 8.44. The Kier molecular flexibility index (Phi) is 5.00. The molecule has 0 fully saturated rings. The van der Waals surface area contributed by atoms with E-state index in [4.69, 9.17) is 10.2 Å². The zero-order valence-corrected chi connectivity index (χ0v) is 11.9. The predicted octanol–water partition coefficient (Wildman–Crippen LogP) is 3.55. The van der Waals surface area contributed by atoms with Crippen molar-refractivity contribution in [2.24, 2.45) is 5.73 Å². The molecule has 0 saturated carbocycles. The van der Waals surface area contributed by atoms with Gasteiger partial charge in [-0.15, -0.1) is 0 Å². The maximum absolute atomic E-state index is 6.03. The molecule has 0 radical (unpaired) electrons. The number of hydrogen-bond acceptors (Lipinski definition) is 3. The topological polar surface area (TPSA) is 42.4 Å². The van der Waals surface area contributed by atoms with Gasteiger partial charge in [-0.05, 0) is 32.0 Å². The molecule has 19 heavy (non-hydrogen) atoms. The Labute approximate surface area is 115 Å². The van der Waals surface area contributed by atoms with Crippen molar-refractivity contribution < 1.29 is 4.42 Å². The summed E-state index contributed by atoms with van der Waals surface area (Å²) in [5.74, 6) is 0. The van der Waals surface area contributed by atoms with E-state index in [0.29, 0.717) is 6.54 Å². The molecule has 0 aliphatic heterocycles. The largest absolute Gasteiger partial charge is 0.464 e. The van der Waals surface area contributed by atoms with Crippen LogP contribution in [-0.2, 0) is 0 Å². The lowest BCUT2D eigenvalue weighted by Gasteiger charge is -2.30. The first-order valence-electron chi connectivity index (χ1n) is 7.22. The quantitative estimate of drug-likeness (QED) is 0.827. The van der Waals surface area contributed by atoms with Crippen LogP contribution in [0.3, 0.4) is 0 Å². The molecule has 0 spiro atoms. The van der Waals surface area contributed by atoms with Crippen molar-refractivity contribution in [2.45, 2.75) is 32.7 Å². The second-order valence-corrected chi connectivity index (χ2v) is 4.97. The summed E-state index contributed by atoms with van der Waals surface area (Å²) in [7, 11) is 0. The number of rotatable bonds is 7. The van der Waals surface area contributed by atoms with Crippen LogP contribution >= 0.6 is 0 Å². The minimum Gasteiger partial charge on any atom is -0.464 e. The monoisotopic (exact) mass is 260 g/mol. The summed E-state index contributed by atoms with van der Waals surface area (Å²) in [5.41, 5.74) is 8.20. The molecule has 0 aliphatic rings. The average molecular weight is 260 g/mol. The summed E-state index contributed by atoms with van der Waals surface area (Å²) >= 11 is 0. The molecule has 1 atom stereocenters. The molecule has 1 unspecified atom stereocenters. The Hall–Kier alpha value is -1.32. The average Bonchev–Trinajstić information content (AvgIpc) is 2.84. The van der Waals surface area contributed by atoms with E-state index in [0.717, 1.165) is 31.5 Å². The summed E-state index contributed by atoms with van der Waals surface area (Å²) in [4.78, 5) is 2.47. The van der Waals surface area contributed by atoms with Crippen LogP contribution in [0, 0.1) is 0 Å². The predicted molar refractivity (Wildman–Crippen MR) is 80.2 cm³/mol. The van der Waals surface area contributed by atoms with E-state index in [9.17, 15) is 0 Å². The number of hydrogen-bond donors (Lipinski definition) is 1. The van der Waals surface area contributed by atoms with Gasteiger partial charge in [0.1, 0.15) is 5.58 Å². The molecule has 0 amide bonds. The van der Waals surface area contributed by atoms with Gasteiger partial charge in [0.15, 0.2) is 0 Å². The molecular weight excluding hydrogens is 236 g/mol. The van der Waals surface area contributed by atoms with Crippen LogP contribution in [0.4, 0.5) is 0 Å². The highest BCUT2D eigenvalue weighted by Crippen LogP contribution is 2.29. The van der Waals surface area contributed by atoms with Crippen LogP contribution in [0.25, 0.3) is 11.0 Å². The zero-order valence-electron chi connectivity index (χ0n) is 11.9. The van der Waals surface area contributed by atoms with Crippen molar-refractivity contribution in [3.8, 4) is 0 Å². The van der Waals surface area contributed by atoms with Crippen molar-refractivity contribution >= 4 is 11.0 Å². The van der Waals surface area contributed by atoms with Gasteiger partial charge in [0.25, 0.3) is 0 Å². The Morgan fingerprint density at radius 2 is 1.84 bits per heavy atom. The SMILES string of the molecule is CCCN(CCC)C(CN)c1coc2ccccc12. The molecule has 0 saturated heterocycles. The number of nitrogens with zero attached hydrogens (tertiary/aromatic N) is 1. The number of para-hydroxylation sites is 1. The second-order valence-electron chi connectivity index (χ2n) is 4.97. The van der Waals surface area contributed by atoms with E-state index >= 15 is 0 Å². The maximum atomic E-state index is 6.03. The number of fused-ring (bicyclic) bond motifs is 1. The van der Waals surface area contributed by atoms with Gasteiger partial charge in [0.2, 0.25) is 0 Å². The van der Waals surface area contributed by atoms with Gasteiger partial charge in [-0.3, -0.25) is 4.90 Å². The molecular formula is C16H24N2O. The van der Waals surface area contributed by atoms with Gasteiger partial charge >= 0.3 is 0 Å². The normalized spacial score (nSPS) is 13.3. The first-order valence-corrected chi connectivity index (χ1v) is 7.22. The van der Waals surface area contributed by atoms with Crippen LogP contribution in [0.15, 0.2) is 34.9 Å². The summed E-state index contributed by atoms with van der Waals surface area (Å²) in [6.45, 7) is 7.21. The van der Waals surface area contributed by atoms with Crippen LogP contribution in [0.5, 0.6) is 0 Å². The summed E-state index contributed by atoms with van der Waals surface area (Å²) < 4.78 is 5.66. The Bertz CT molecular complexity index is 500. The first kappa shape index (κ1) is 14.1. The minimum absolute atomic E-state index is 0.253. The Balaban J connectivity index is 2.34. The van der Waals surface area contributed by atoms with Gasteiger partial charge < -0.3 is 10.2 Å². The van der Waals surface area contributed by atoms with E-state index in [1.807, 2.05) is 18.4 Å². The van der Waals surface area contributed by atoms with Crippen molar-refractivity contribution in [3.05, 3.63) is 36.1 Å². The molecule has 0 bridgehead atoms. The molecule has 2 N–H and O–H groups in total. The van der Waals surface area contributed by atoms with E-state index in [1.165, 1.54) is 10.9 Å². The molecule has 1 aromatic heterocycles. The fraction of sp³-hybridized carbons (Fsp3) is 0.500. The lowest BCUT2D eigenvalue weighted by Crippen LogP contribution is -2.34. The van der Waals surface area contributed by atoms with Gasteiger partial charge in [-0.1, -0.05) is 32.0 Å². The fourth-order valence-electron chi connectivity index (χ4n) is 2.73. The number of furan rings is 1. The zero-order chi connectivity index (χ0) is 13.7. The van der Waals surface area contributed by atoms with Crippen LogP contribution < -0.4 is 5.73 Å². The smallest absolute Gasteiger partial charge is 0.134 e. The third-order valence-electron chi connectivity index (χ3n) is 3.56. The molecule has 1 heterocycles. The minimum atomic E-state index is 0.253. The number of nitrogens with two attached hydrogens (primary N) is 1. The van der Waals surface area contributed by atoms with Crippen molar-refractivity contribution in [1.29, 1.82) is 0 Å². The highest BCUT2D eigenvalue weighted by atomic mass is 16.3. The van der Waals surface area contributed by atoms with E-state index in [2.05, 4.69) is 30.9 Å². The second kappa shape index (κ2) is 6.73. The number of benzene rings is 1. The summed E-state index contributed by atoms with van der Waals surface area (Å²) in [6.07, 6.45) is 4.17. The van der Waals surface area contributed by atoms with Gasteiger partial charge in [0, 0.05) is 17.5 Å². The lowest BCUT2D eigenvalue weighted by molar-refractivity contribution is 0.202. The van der Waals surface area contributed by atoms with Crippen LogP contribution in [0.2, 0.25) is 0 Å². The molecule has 2 rings (SSSR count). The van der Waals surface area contributed by atoms with Crippen molar-refractivity contribution in [3.63, 3.8) is 0 Å². The highest BCUT2D eigenvalue weighted by Gasteiger charge is 2.21. The van der Waals surface area contributed by atoms with Gasteiger partial charge in [-0.2, -0.15) is 0 Å². The molecule has 104 valence electrons. The Morgan fingerprint density at radius 3 is 2.47 bits per heavy atom. The lowest BCUT2D eigenvalue weighted by atomic mass is 10.0. The van der Waals surface area contributed by atoms with E-state index in [-0.39, 0.29) is 6.04 Å². The third kappa shape index (κ3) is 2.99. The molecule has 0 aliphatic carbocycles. The fourth-order valence-corrected chi connectivity index (χ4v) is 2.73. The van der Waals surface area contributed by atoms with Gasteiger partial charge in [-0.25, -0.2) is 0 Å². The first-order chi connectivity index (χ1) is 9.31. The molecule has 3 nitrogen and oxygen atoms in total. The highest BCUT2D eigenvalue weighted by molar-refractivity contribution is 5.81. The molecule has 1 aromatic carbocycles. The van der Waals surface area contributed by atoms with Crippen LogP contribution in [-0.4, -0.2) is 24.5 Å². The third-order valence-corrected chi connectivity index (χ3v) is 3.56. The maximum Gasteiger partial charge on any atom is 0.134 e. The molecule has 2 aromatic rings. The van der Waals surface area contributed by atoms with E-state index < -0.39 is 0 Å². The van der Waals surface area contributed by atoms with Crippen molar-refractivity contribution in [2.75, 3.05) is 19.6 Å². The summed E-state index contributed by atoms with van der Waals surface area (Å²) in [5, 5.41) is 1.19. The van der Waals surface area contributed by atoms with E-state index in [1.54, 1.807) is 0 Å². The van der Waals surface area contributed by atoms with Crippen molar-refractivity contribution in [1.82, 2.24) is 4.90 Å².